The lowest BCUT2D eigenvalue weighted by Crippen LogP contribution is -2.15. The zero-order valence-electron chi connectivity index (χ0n) is 15.9. The molecule has 144 valence electrons. The van der Waals surface area contributed by atoms with Gasteiger partial charge in [0.05, 0.1) is 36.6 Å². The van der Waals surface area contributed by atoms with E-state index >= 15 is 0 Å². The number of methoxy groups -OCH3 is 2. The molecule has 0 spiro atoms. The van der Waals surface area contributed by atoms with Crippen molar-refractivity contribution in [2.75, 3.05) is 25.3 Å². The first-order valence-corrected chi connectivity index (χ1v) is 9.95. The van der Waals surface area contributed by atoms with Gasteiger partial charge >= 0.3 is 0 Å². The number of carbonyl (C=O) groups excluding carboxylic acids is 1. The molecule has 4 rings (SSSR count). The van der Waals surface area contributed by atoms with E-state index in [4.69, 9.17) is 14.6 Å². The number of carbonyl (C=O) groups is 1. The molecule has 0 aliphatic carbocycles. The number of hydrogen-bond acceptors (Lipinski definition) is 5. The minimum atomic E-state index is -0.114. The van der Waals surface area contributed by atoms with Crippen molar-refractivity contribution in [3.63, 3.8) is 0 Å². The third-order valence-corrected chi connectivity index (χ3v) is 5.98. The van der Waals surface area contributed by atoms with Crippen molar-refractivity contribution in [2.24, 2.45) is 0 Å². The zero-order valence-corrected chi connectivity index (χ0v) is 16.7. The quantitative estimate of drug-likeness (QED) is 0.724. The molecule has 1 atom stereocenters. The normalized spacial score (nSPS) is 16.1. The number of rotatable bonds is 4. The number of ether oxygens (including phenoxy) is 2. The SMILES string of the molecule is COc1ccc(OC)c([C@@H]2SCC(=O)Nc3c2c(C)nn3-c2ccccc2)c1. The molecule has 1 aromatic heterocycles. The Morgan fingerprint density at radius 1 is 1.14 bits per heavy atom. The summed E-state index contributed by atoms with van der Waals surface area (Å²) in [4.78, 5) is 12.5. The van der Waals surface area contributed by atoms with Gasteiger partial charge in [0.15, 0.2) is 0 Å². The maximum atomic E-state index is 12.5. The largest absolute Gasteiger partial charge is 0.497 e. The number of fused-ring (bicyclic) bond motifs is 1. The maximum absolute atomic E-state index is 12.5. The van der Waals surface area contributed by atoms with E-state index in [1.54, 1.807) is 30.7 Å². The number of thioether (sulfide) groups is 1. The van der Waals surface area contributed by atoms with Gasteiger partial charge in [-0.25, -0.2) is 4.68 Å². The summed E-state index contributed by atoms with van der Waals surface area (Å²) in [5.41, 5.74) is 3.70. The van der Waals surface area contributed by atoms with Crippen molar-refractivity contribution >= 4 is 23.5 Å². The molecule has 1 amide bonds. The number of aromatic nitrogens is 2. The number of anilines is 1. The molecule has 2 heterocycles. The highest BCUT2D eigenvalue weighted by atomic mass is 32.2. The number of nitrogens with one attached hydrogen (secondary N) is 1. The highest BCUT2D eigenvalue weighted by Crippen LogP contribution is 2.47. The second-order valence-electron chi connectivity index (χ2n) is 6.44. The average Bonchev–Trinajstić information content (AvgIpc) is 2.93. The van der Waals surface area contributed by atoms with Crippen LogP contribution in [-0.2, 0) is 4.79 Å². The van der Waals surface area contributed by atoms with E-state index in [0.717, 1.165) is 34.0 Å². The molecule has 0 fully saturated rings. The molecule has 0 saturated heterocycles. The highest BCUT2D eigenvalue weighted by Gasteiger charge is 2.32. The van der Waals surface area contributed by atoms with Gasteiger partial charge in [0.25, 0.3) is 0 Å². The summed E-state index contributed by atoms with van der Waals surface area (Å²) in [6.07, 6.45) is 0. The van der Waals surface area contributed by atoms with Crippen molar-refractivity contribution < 1.29 is 14.3 Å². The molecule has 1 aliphatic rings. The Hall–Kier alpha value is -2.93. The monoisotopic (exact) mass is 395 g/mol. The van der Waals surface area contributed by atoms with Crippen LogP contribution in [0.2, 0.25) is 0 Å². The van der Waals surface area contributed by atoms with Crippen LogP contribution in [0, 0.1) is 6.92 Å². The lowest BCUT2D eigenvalue weighted by Gasteiger charge is -2.19. The molecule has 6 nitrogen and oxygen atoms in total. The summed E-state index contributed by atoms with van der Waals surface area (Å²) < 4.78 is 12.8. The summed E-state index contributed by atoms with van der Waals surface area (Å²) in [5, 5.41) is 7.66. The first kappa shape index (κ1) is 18.4. The van der Waals surface area contributed by atoms with E-state index in [1.165, 1.54) is 0 Å². The Balaban J connectivity index is 1.92. The van der Waals surface area contributed by atoms with Gasteiger partial charge in [0, 0.05) is 11.1 Å². The smallest absolute Gasteiger partial charge is 0.235 e. The molecule has 2 aromatic carbocycles. The van der Waals surface area contributed by atoms with Crippen LogP contribution in [0.1, 0.15) is 22.1 Å². The average molecular weight is 395 g/mol. The molecule has 1 aliphatic heterocycles. The predicted octanol–water partition coefficient (Wildman–Crippen LogP) is 3.97. The van der Waals surface area contributed by atoms with Gasteiger partial charge in [0.2, 0.25) is 5.91 Å². The summed E-state index contributed by atoms with van der Waals surface area (Å²) in [7, 11) is 3.29. The van der Waals surface area contributed by atoms with Crippen LogP contribution in [0.25, 0.3) is 5.69 Å². The van der Waals surface area contributed by atoms with Gasteiger partial charge in [-0.15, -0.1) is 11.8 Å². The van der Waals surface area contributed by atoms with Crippen molar-refractivity contribution in [2.45, 2.75) is 12.2 Å². The van der Waals surface area contributed by atoms with E-state index in [2.05, 4.69) is 5.32 Å². The topological polar surface area (TPSA) is 65.4 Å². The number of para-hydroxylation sites is 1. The molecular weight excluding hydrogens is 374 g/mol. The standard InChI is InChI=1S/C21H21N3O3S/c1-13-19-20(16-11-15(26-2)9-10-17(16)27-3)28-12-18(25)22-21(19)24(23-13)14-7-5-4-6-8-14/h4-11,20H,12H2,1-3H3,(H,22,25)/t20-/m0/s1. The van der Waals surface area contributed by atoms with Crippen molar-refractivity contribution in [1.82, 2.24) is 9.78 Å². The second-order valence-corrected chi connectivity index (χ2v) is 7.54. The van der Waals surface area contributed by atoms with Crippen LogP contribution in [-0.4, -0.2) is 35.7 Å². The summed E-state index contributed by atoms with van der Waals surface area (Å²) in [5.74, 6) is 2.50. The third-order valence-electron chi connectivity index (χ3n) is 4.73. The number of hydrogen-bond donors (Lipinski definition) is 1. The molecule has 1 N–H and O–H groups in total. The van der Waals surface area contributed by atoms with E-state index in [-0.39, 0.29) is 11.2 Å². The maximum Gasteiger partial charge on any atom is 0.235 e. The number of aryl methyl sites for hydroxylation is 1. The van der Waals surface area contributed by atoms with Crippen molar-refractivity contribution in [3.8, 4) is 17.2 Å². The zero-order chi connectivity index (χ0) is 19.7. The van der Waals surface area contributed by atoms with Gasteiger partial charge in [-0.1, -0.05) is 18.2 Å². The van der Waals surface area contributed by atoms with Crippen LogP contribution in [0.15, 0.2) is 48.5 Å². The van der Waals surface area contributed by atoms with E-state index in [9.17, 15) is 4.79 Å². The lowest BCUT2D eigenvalue weighted by molar-refractivity contribution is -0.113. The van der Waals surface area contributed by atoms with Crippen LogP contribution in [0.5, 0.6) is 11.5 Å². The number of nitrogens with zero attached hydrogens (tertiary/aromatic N) is 2. The Morgan fingerprint density at radius 2 is 1.93 bits per heavy atom. The van der Waals surface area contributed by atoms with E-state index < -0.39 is 0 Å². The fourth-order valence-electron chi connectivity index (χ4n) is 3.43. The minimum Gasteiger partial charge on any atom is -0.497 e. The van der Waals surface area contributed by atoms with Crippen LogP contribution >= 0.6 is 11.8 Å². The van der Waals surface area contributed by atoms with Crippen LogP contribution in [0.4, 0.5) is 5.82 Å². The van der Waals surface area contributed by atoms with Gasteiger partial charge in [-0.05, 0) is 37.3 Å². The third kappa shape index (κ3) is 3.22. The highest BCUT2D eigenvalue weighted by molar-refractivity contribution is 8.00. The van der Waals surface area contributed by atoms with Gasteiger partial charge in [-0.2, -0.15) is 5.10 Å². The minimum absolute atomic E-state index is 0.0484. The van der Waals surface area contributed by atoms with Crippen molar-refractivity contribution in [3.05, 3.63) is 65.4 Å². The van der Waals surface area contributed by atoms with Crippen molar-refractivity contribution in [1.29, 1.82) is 0 Å². The molecule has 3 aromatic rings. The Bertz CT molecular complexity index is 1020. The van der Waals surface area contributed by atoms with Crippen LogP contribution in [0.3, 0.4) is 0 Å². The van der Waals surface area contributed by atoms with Crippen LogP contribution < -0.4 is 14.8 Å². The number of amides is 1. The first-order valence-electron chi connectivity index (χ1n) is 8.90. The fourth-order valence-corrected chi connectivity index (χ4v) is 4.63. The lowest BCUT2D eigenvalue weighted by atomic mass is 10.0. The van der Waals surface area contributed by atoms with E-state index in [1.807, 2.05) is 55.5 Å². The summed E-state index contributed by atoms with van der Waals surface area (Å²) in [6.45, 7) is 1.97. The molecule has 0 unspecified atom stereocenters. The Morgan fingerprint density at radius 3 is 2.64 bits per heavy atom. The van der Waals surface area contributed by atoms with Gasteiger partial charge < -0.3 is 14.8 Å². The van der Waals surface area contributed by atoms with E-state index in [0.29, 0.717) is 11.6 Å². The molecule has 0 bridgehead atoms. The molecule has 0 saturated carbocycles. The molecular formula is C21H21N3O3S. The molecule has 28 heavy (non-hydrogen) atoms. The molecule has 0 radical (unpaired) electrons. The summed E-state index contributed by atoms with van der Waals surface area (Å²) >= 11 is 1.56. The molecule has 7 heteroatoms. The predicted molar refractivity (Wildman–Crippen MR) is 111 cm³/mol. The Labute approximate surface area is 167 Å². The fraction of sp³-hybridized carbons (Fsp3) is 0.238. The second kappa shape index (κ2) is 7.59. The summed E-state index contributed by atoms with van der Waals surface area (Å²) in [6, 6.07) is 15.5. The van der Waals surface area contributed by atoms with Gasteiger partial charge in [-0.3, -0.25) is 4.79 Å². The Kier molecular flexibility index (Phi) is 5.00. The van der Waals surface area contributed by atoms with Gasteiger partial charge in [0.1, 0.15) is 17.3 Å². The first-order chi connectivity index (χ1) is 13.6. The number of benzene rings is 2.